The van der Waals surface area contributed by atoms with Crippen molar-refractivity contribution in [1.29, 1.82) is 0 Å². The van der Waals surface area contributed by atoms with E-state index in [1.54, 1.807) is 29.5 Å². The molecule has 4 atom stereocenters. The summed E-state index contributed by atoms with van der Waals surface area (Å²) < 4.78 is 17.2. The standard InChI is InChI=1S/C15H19IN2O7/c1-8-7-18(15(22)17-13(8)21)14-12(24-6-5-23-2)11(20)9(25-14)3-4-10(16)19/h3-4,7,9,11-12,14,20H,5-6H2,1-2H3,(H,17,21,22)/b4-3+/t9-,11-,12-,14?/m1/s1. The summed E-state index contributed by atoms with van der Waals surface area (Å²) >= 11 is 1.59. The molecule has 0 aliphatic carbocycles. The molecule has 0 amide bonds. The van der Waals surface area contributed by atoms with Crippen molar-refractivity contribution < 1.29 is 24.1 Å². The van der Waals surface area contributed by atoms with Crippen molar-refractivity contribution in [3.8, 4) is 0 Å². The number of aromatic amines is 1. The van der Waals surface area contributed by atoms with Gasteiger partial charge in [-0.2, -0.15) is 0 Å². The molecule has 0 spiro atoms. The minimum absolute atomic E-state index is 0.177. The SMILES string of the molecule is COCCO[C@H]1C(n2cc(C)c(=O)[nH]c2=O)O[C@H](/C=C/C(=O)I)[C@H]1O. The lowest BCUT2D eigenvalue weighted by molar-refractivity contribution is -0.105. The number of hydrogen-bond acceptors (Lipinski definition) is 7. The van der Waals surface area contributed by atoms with Crippen LogP contribution in [0.2, 0.25) is 0 Å². The number of nitrogens with one attached hydrogen (secondary N) is 1. The quantitative estimate of drug-likeness (QED) is 0.244. The van der Waals surface area contributed by atoms with Crippen molar-refractivity contribution in [2.24, 2.45) is 0 Å². The third kappa shape index (κ3) is 4.85. The van der Waals surface area contributed by atoms with E-state index < -0.39 is 35.8 Å². The van der Waals surface area contributed by atoms with E-state index in [9.17, 15) is 19.5 Å². The van der Waals surface area contributed by atoms with Crippen molar-refractivity contribution in [3.05, 3.63) is 44.8 Å². The van der Waals surface area contributed by atoms with Crippen LogP contribution >= 0.6 is 22.6 Å². The van der Waals surface area contributed by atoms with Gasteiger partial charge in [-0.25, -0.2) is 4.79 Å². The van der Waals surface area contributed by atoms with Gasteiger partial charge in [-0.05, 0) is 19.1 Å². The number of rotatable bonds is 7. The Kier molecular flexibility index (Phi) is 7.07. The first-order valence-electron chi connectivity index (χ1n) is 7.49. The van der Waals surface area contributed by atoms with Crippen LogP contribution in [0, 0.1) is 6.92 Å². The smallest absolute Gasteiger partial charge is 0.330 e. The molecule has 2 heterocycles. The van der Waals surface area contributed by atoms with Gasteiger partial charge in [-0.15, -0.1) is 0 Å². The van der Waals surface area contributed by atoms with Gasteiger partial charge in [0.2, 0.25) is 3.79 Å². The molecule has 0 aromatic carbocycles. The lowest BCUT2D eigenvalue weighted by Crippen LogP contribution is -2.40. The van der Waals surface area contributed by atoms with Crippen LogP contribution < -0.4 is 11.2 Å². The molecule has 2 N–H and O–H groups in total. The third-order valence-corrected chi connectivity index (χ3v) is 4.05. The Morgan fingerprint density at radius 1 is 1.48 bits per heavy atom. The molecule has 1 saturated heterocycles. The van der Waals surface area contributed by atoms with E-state index in [0.29, 0.717) is 12.2 Å². The number of carbonyl (C=O) groups excluding carboxylic acids is 1. The Morgan fingerprint density at radius 2 is 2.20 bits per heavy atom. The fraction of sp³-hybridized carbons (Fsp3) is 0.533. The summed E-state index contributed by atoms with van der Waals surface area (Å²) in [5, 5.41) is 10.5. The lowest BCUT2D eigenvalue weighted by Gasteiger charge is -2.22. The zero-order chi connectivity index (χ0) is 18.6. The topological polar surface area (TPSA) is 120 Å². The van der Waals surface area contributed by atoms with Crippen molar-refractivity contribution in [3.63, 3.8) is 0 Å². The molecule has 1 aromatic heterocycles. The Bertz CT molecular complexity index is 757. The summed E-state index contributed by atoms with van der Waals surface area (Å²) in [6.07, 6.45) is 0.245. The molecule has 138 valence electrons. The first-order valence-corrected chi connectivity index (χ1v) is 8.57. The van der Waals surface area contributed by atoms with E-state index in [4.69, 9.17) is 14.2 Å². The third-order valence-electron chi connectivity index (χ3n) is 3.69. The van der Waals surface area contributed by atoms with Crippen molar-refractivity contribution >= 4 is 26.4 Å². The Labute approximate surface area is 156 Å². The maximum absolute atomic E-state index is 12.1. The summed E-state index contributed by atoms with van der Waals surface area (Å²) in [6, 6.07) is 0. The zero-order valence-electron chi connectivity index (χ0n) is 13.7. The van der Waals surface area contributed by atoms with E-state index in [-0.39, 0.29) is 10.4 Å². The molecule has 25 heavy (non-hydrogen) atoms. The van der Waals surface area contributed by atoms with E-state index in [1.165, 1.54) is 25.5 Å². The van der Waals surface area contributed by atoms with Crippen LogP contribution in [0.15, 0.2) is 27.9 Å². The molecule has 1 aliphatic rings. The van der Waals surface area contributed by atoms with Crippen LogP contribution in [0.1, 0.15) is 11.8 Å². The predicted molar refractivity (Wildman–Crippen MR) is 95.8 cm³/mol. The molecule has 1 fully saturated rings. The monoisotopic (exact) mass is 466 g/mol. The molecule has 10 heteroatoms. The van der Waals surface area contributed by atoms with Crippen LogP contribution in [0.4, 0.5) is 0 Å². The molecule has 0 saturated carbocycles. The molecule has 9 nitrogen and oxygen atoms in total. The largest absolute Gasteiger partial charge is 0.387 e. The van der Waals surface area contributed by atoms with Gasteiger partial charge in [0.1, 0.15) is 18.3 Å². The highest BCUT2D eigenvalue weighted by Crippen LogP contribution is 2.31. The van der Waals surface area contributed by atoms with Crippen LogP contribution in [0.5, 0.6) is 0 Å². The number of ether oxygens (including phenoxy) is 3. The minimum Gasteiger partial charge on any atom is -0.387 e. The second-order valence-electron chi connectivity index (χ2n) is 5.45. The van der Waals surface area contributed by atoms with Crippen molar-refractivity contribution in [2.45, 2.75) is 31.5 Å². The predicted octanol–water partition coefficient (Wildman–Crippen LogP) is -0.347. The van der Waals surface area contributed by atoms with E-state index in [1.807, 2.05) is 0 Å². The molecule has 1 aromatic rings. The van der Waals surface area contributed by atoms with Crippen molar-refractivity contribution in [1.82, 2.24) is 9.55 Å². The van der Waals surface area contributed by atoms with Crippen LogP contribution in [0.25, 0.3) is 0 Å². The number of allylic oxidation sites excluding steroid dienone is 1. The second kappa shape index (κ2) is 8.85. The maximum atomic E-state index is 12.1. The minimum atomic E-state index is -1.10. The number of aryl methyl sites for hydroxylation is 1. The fourth-order valence-corrected chi connectivity index (χ4v) is 2.66. The van der Waals surface area contributed by atoms with Crippen molar-refractivity contribution in [2.75, 3.05) is 20.3 Å². The van der Waals surface area contributed by atoms with Crippen LogP contribution in [0.3, 0.4) is 0 Å². The highest BCUT2D eigenvalue weighted by atomic mass is 127. The van der Waals surface area contributed by atoms with Crippen LogP contribution in [-0.4, -0.2) is 57.1 Å². The summed E-state index contributed by atoms with van der Waals surface area (Å²) in [5.74, 6) is 0. The van der Waals surface area contributed by atoms with Gasteiger partial charge >= 0.3 is 5.69 Å². The second-order valence-corrected chi connectivity index (χ2v) is 6.52. The van der Waals surface area contributed by atoms with E-state index >= 15 is 0 Å². The molecular formula is C15H19IN2O7. The first kappa shape index (κ1) is 20.0. The number of aliphatic hydroxyl groups excluding tert-OH is 1. The summed E-state index contributed by atoms with van der Waals surface area (Å²) in [6.45, 7) is 2.02. The lowest BCUT2D eigenvalue weighted by atomic mass is 10.1. The van der Waals surface area contributed by atoms with Gasteiger partial charge in [0, 0.05) is 41.5 Å². The Balaban J connectivity index is 2.34. The van der Waals surface area contributed by atoms with Gasteiger partial charge < -0.3 is 19.3 Å². The van der Waals surface area contributed by atoms with Gasteiger partial charge in [0.05, 0.1) is 13.2 Å². The molecular weight excluding hydrogens is 447 g/mol. The van der Waals surface area contributed by atoms with Gasteiger partial charge in [-0.1, -0.05) is 0 Å². The summed E-state index contributed by atoms with van der Waals surface area (Å²) in [7, 11) is 1.51. The molecule has 1 aliphatic heterocycles. The molecule has 2 rings (SSSR count). The average molecular weight is 466 g/mol. The number of methoxy groups -OCH3 is 1. The summed E-state index contributed by atoms with van der Waals surface area (Å²) in [5.41, 5.74) is -0.860. The van der Waals surface area contributed by atoms with Gasteiger partial charge in [-0.3, -0.25) is 19.1 Å². The molecule has 1 unspecified atom stereocenters. The number of nitrogens with zero attached hydrogens (tertiary/aromatic N) is 1. The number of hydrogen-bond donors (Lipinski definition) is 2. The number of H-pyrrole nitrogens is 1. The van der Waals surface area contributed by atoms with E-state index in [2.05, 4.69) is 4.98 Å². The number of aromatic nitrogens is 2. The Hall–Kier alpha value is -1.34. The van der Waals surface area contributed by atoms with Gasteiger partial charge in [0.15, 0.2) is 6.23 Å². The number of carbonyl (C=O) groups is 1. The number of halogens is 1. The molecule has 0 radical (unpaired) electrons. The average Bonchev–Trinajstić information content (AvgIpc) is 2.85. The maximum Gasteiger partial charge on any atom is 0.330 e. The highest BCUT2D eigenvalue weighted by molar-refractivity contribution is 14.1. The van der Waals surface area contributed by atoms with E-state index in [0.717, 1.165) is 4.57 Å². The zero-order valence-corrected chi connectivity index (χ0v) is 15.8. The van der Waals surface area contributed by atoms with Gasteiger partial charge in [0.25, 0.3) is 5.56 Å². The Morgan fingerprint density at radius 3 is 2.84 bits per heavy atom. The van der Waals surface area contributed by atoms with Crippen LogP contribution in [-0.2, 0) is 19.0 Å². The summed E-state index contributed by atoms with van der Waals surface area (Å²) in [4.78, 5) is 37.0. The molecule has 0 bridgehead atoms. The normalized spacial score (nSPS) is 26.4. The highest BCUT2D eigenvalue weighted by Gasteiger charge is 2.45. The number of aliphatic hydroxyl groups is 1. The first-order chi connectivity index (χ1) is 11.8. The fourth-order valence-electron chi connectivity index (χ4n) is 2.45.